The summed E-state index contributed by atoms with van der Waals surface area (Å²) in [7, 11) is -4.31. The summed E-state index contributed by atoms with van der Waals surface area (Å²) in [6.07, 6.45) is 0.266. The second kappa shape index (κ2) is 8.59. The maximum Gasteiger partial charge on any atom is 0.307 e. The Morgan fingerprint density at radius 1 is 1.32 bits per heavy atom. The second-order valence-electron chi connectivity index (χ2n) is 5.96. The molecule has 140 valence electrons. The van der Waals surface area contributed by atoms with Crippen LogP contribution in [-0.4, -0.2) is 31.9 Å². The summed E-state index contributed by atoms with van der Waals surface area (Å²) in [4.78, 5) is 21.5. The van der Waals surface area contributed by atoms with Crippen molar-refractivity contribution in [2.24, 2.45) is 11.8 Å². The quantitative estimate of drug-likeness (QED) is 0.626. The minimum Gasteiger partial charge on any atom is -0.481 e. The van der Waals surface area contributed by atoms with E-state index in [2.05, 4.69) is 10.0 Å². The largest absolute Gasteiger partial charge is 0.481 e. The minimum absolute atomic E-state index is 0.0497. The molecule has 0 heterocycles. The fourth-order valence-electron chi connectivity index (χ4n) is 2.15. The summed E-state index contributed by atoms with van der Waals surface area (Å²) in [5.41, 5.74) is -0.0613. The molecule has 1 aromatic carbocycles. The van der Waals surface area contributed by atoms with Gasteiger partial charge in [0.2, 0.25) is 15.9 Å². The van der Waals surface area contributed by atoms with Gasteiger partial charge in [0.1, 0.15) is 10.7 Å². The van der Waals surface area contributed by atoms with Crippen molar-refractivity contribution in [2.45, 2.75) is 32.1 Å². The first-order valence-electron chi connectivity index (χ1n) is 7.43. The van der Waals surface area contributed by atoms with Crippen LogP contribution in [0.25, 0.3) is 0 Å². The van der Waals surface area contributed by atoms with E-state index in [1.807, 2.05) is 13.8 Å². The first-order valence-corrected chi connectivity index (χ1v) is 9.29. The third-order valence-electron chi connectivity index (χ3n) is 3.25. The van der Waals surface area contributed by atoms with E-state index in [1.165, 1.54) is 6.92 Å². The fraction of sp³-hybridized carbons (Fsp3) is 0.467. The first kappa shape index (κ1) is 21.3. The summed E-state index contributed by atoms with van der Waals surface area (Å²) in [5.74, 6) is -3.64. The van der Waals surface area contributed by atoms with E-state index < -0.39 is 38.5 Å². The number of rotatable bonds is 8. The number of sulfonamides is 1. The Labute approximate surface area is 150 Å². The van der Waals surface area contributed by atoms with Gasteiger partial charge in [0.15, 0.2) is 0 Å². The number of carbonyl (C=O) groups is 2. The molecule has 1 rings (SSSR count). The molecule has 7 nitrogen and oxygen atoms in total. The number of nitrogens with one attached hydrogen (secondary N) is 2. The van der Waals surface area contributed by atoms with Crippen LogP contribution < -0.4 is 10.0 Å². The van der Waals surface area contributed by atoms with Crippen LogP contribution in [0.1, 0.15) is 27.2 Å². The van der Waals surface area contributed by atoms with E-state index >= 15 is 0 Å². The lowest BCUT2D eigenvalue weighted by molar-refractivity contribution is -0.142. The van der Waals surface area contributed by atoms with Crippen LogP contribution in [0.3, 0.4) is 0 Å². The lowest BCUT2D eigenvalue weighted by atomic mass is 9.98. The van der Waals surface area contributed by atoms with Crippen LogP contribution in [0, 0.1) is 17.7 Å². The van der Waals surface area contributed by atoms with Crippen LogP contribution in [0.4, 0.5) is 10.1 Å². The summed E-state index contributed by atoms with van der Waals surface area (Å²) < 4.78 is 40.7. The van der Waals surface area contributed by atoms with Gasteiger partial charge >= 0.3 is 5.97 Å². The van der Waals surface area contributed by atoms with Crippen molar-refractivity contribution in [1.82, 2.24) is 4.72 Å². The number of hydrogen-bond acceptors (Lipinski definition) is 4. The van der Waals surface area contributed by atoms with Crippen LogP contribution in [-0.2, 0) is 19.6 Å². The van der Waals surface area contributed by atoms with Crippen molar-refractivity contribution < 1.29 is 27.5 Å². The number of amides is 1. The minimum atomic E-state index is -4.31. The predicted molar refractivity (Wildman–Crippen MR) is 91.5 cm³/mol. The van der Waals surface area contributed by atoms with Gasteiger partial charge in [-0.3, -0.25) is 9.59 Å². The zero-order valence-corrected chi connectivity index (χ0v) is 15.5. The van der Waals surface area contributed by atoms with Gasteiger partial charge in [0, 0.05) is 19.5 Å². The number of aliphatic carboxylic acids is 1. The number of carboxylic acids is 1. The van der Waals surface area contributed by atoms with E-state index in [4.69, 9.17) is 16.7 Å². The Kier molecular flexibility index (Phi) is 7.33. The Hall–Kier alpha value is -1.71. The number of benzene rings is 1. The van der Waals surface area contributed by atoms with E-state index in [-0.39, 0.29) is 29.6 Å². The molecule has 0 saturated heterocycles. The van der Waals surface area contributed by atoms with Crippen molar-refractivity contribution in [3.63, 3.8) is 0 Å². The Morgan fingerprint density at radius 3 is 2.40 bits per heavy atom. The van der Waals surface area contributed by atoms with Gasteiger partial charge in [-0.25, -0.2) is 17.5 Å². The highest BCUT2D eigenvalue weighted by molar-refractivity contribution is 7.89. The molecular weight excluding hydrogens is 375 g/mol. The monoisotopic (exact) mass is 394 g/mol. The van der Waals surface area contributed by atoms with Gasteiger partial charge in [-0.1, -0.05) is 25.4 Å². The Balaban J connectivity index is 3.04. The Bertz CT molecular complexity index is 767. The normalized spacial score (nSPS) is 12.9. The molecule has 1 atom stereocenters. The predicted octanol–water partition coefficient (Wildman–Crippen LogP) is 2.46. The lowest BCUT2D eigenvalue weighted by Crippen LogP contribution is -2.34. The molecular formula is C15H20ClFN2O5S. The molecule has 0 spiro atoms. The molecule has 0 aromatic heterocycles. The third-order valence-corrected chi connectivity index (χ3v) is 5.00. The maximum atomic E-state index is 14.1. The molecule has 0 aliphatic heterocycles. The van der Waals surface area contributed by atoms with E-state index in [0.29, 0.717) is 0 Å². The van der Waals surface area contributed by atoms with Crippen molar-refractivity contribution in [3.8, 4) is 0 Å². The SMILES string of the molecule is CC(=O)Nc1cc(F)c(S(=O)(=O)NCC(CC(C)C)C(=O)O)cc1Cl. The molecule has 0 aliphatic rings. The summed E-state index contributed by atoms with van der Waals surface area (Å²) in [6, 6.07) is 1.66. The zero-order valence-electron chi connectivity index (χ0n) is 14.0. The second-order valence-corrected chi connectivity index (χ2v) is 8.10. The van der Waals surface area contributed by atoms with Crippen molar-refractivity contribution >= 4 is 39.2 Å². The van der Waals surface area contributed by atoms with Crippen LogP contribution in [0.5, 0.6) is 0 Å². The van der Waals surface area contributed by atoms with E-state index in [0.717, 1.165) is 12.1 Å². The highest BCUT2D eigenvalue weighted by atomic mass is 35.5. The zero-order chi connectivity index (χ0) is 19.4. The van der Waals surface area contributed by atoms with Gasteiger partial charge in [0.25, 0.3) is 0 Å². The van der Waals surface area contributed by atoms with Crippen LogP contribution in [0.15, 0.2) is 17.0 Å². The van der Waals surface area contributed by atoms with Gasteiger partial charge in [-0.05, 0) is 18.4 Å². The number of carbonyl (C=O) groups excluding carboxylic acids is 1. The molecule has 0 saturated carbocycles. The van der Waals surface area contributed by atoms with Crippen LogP contribution >= 0.6 is 11.6 Å². The van der Waals surface area contributed by atoms with Crippen LogP contribution in [0.2, 0.25) is 5.02 Å². The molecule has 1 aromatic rings. The van der Waals surface area contributed by atoms with Gasteiger partial charge in [-0.2, -0.15) is 0 Å². The van der Waals surface area contributed by atoms with E-state index in [9.17, 15) is 22.4 Å². The third kappa shape index (κ3) is 6.26. The lowest BCUT2D eigenvalue weighted by Gasteiger charge is -2.16. The molecule has 0 bridgehead atoms. The maximum absolute atomic E-state index is 14.1. The molecule has 10 heteroatoms. The molecule has 0 fully saturated rings. The van der Waals surface area contributed by atoms with Crippen molar-refractivity contribution in [2.75, 3.05) is 11.9 Å². The molecule has 0 radical (unpaired) electrons. The van der Waals surface area contributed by atoms with Crippen molar-refractivity contribution in [1.29, 1.82) is 0 Å². The number of halogens is 2. The number of carboxylic acid groups (broad SMARTS) is 1. The average Bonchev–Trinajstić information content (AvgIpc) is 2.45. The molecule has 1 unspecified atom stereocenters. The fourth-order valence-corrected chi connectivity index (χ4v) is 3.59. The molecule has 0 aliphatic carbocycles. The highest BCUT2D eigenvalue weighted by Crippen LogP contribution is 2.28. The highest BCUT2D eigenvalue weighted by Gasteiger charge is 2.25. The molecule has 25 heavy (non-hydrogen) atoms. The Morgan fingerprint density at radius 2 is 1.92 bits per heavy atom. The first-order chi connectivity index (χ1) is 11.4. The summed E-state index contributed by atoms with van der Waals surface area (Å²) in [6.45, 7) is 4.44. The van der Waals surface area contributed by atoms with Gasteiger partial charge in [-0.15, -0.1) is 0 Å². The summed E-state index contributed by atoms with van der Waals surface area (Å²) >= 11 is 5.87. The number of hydrogen-bond donors (Lipinski definition) is 3. The number of anilines is 1. The average molecular weight is 395 g/mol. The topological polar surface area (TPSA) is 113 Å². The standard InChI is InChI=1S/C15H20ClFN2O5S/c1-8(2)4-10(15(21)22)7-18-25(23,24)14-5-11(16)13(6-12(14)17)19-9(3)20/h5-6,8,10,18H,4,7H2,1-3H3,(H,19,20)(H,21,22). The summed E-state index contributed by atoms with van der Waals surface area (Å²) in [5, 5.41) is 11.3. The molecule has 1 amide bonds. The molecule has 3 N–H and O–H groups in total. The smallest absolute Gasteiger partial charge is 0.307 e. The van der Waals surface area contributed by atoms with E-state index in [1.54, 1.807) is 0 Å². The van der Waals surface area contributed by atoms with Gasteiger partial charge < -0.3 is 10.4 Å². The van der Waals surface area contributed by atoms with Crippen molar-refractivity contribution in [3.05, 3.63) is 23.0 Å². The van der Waals surface area contributed by atoms with Gasteiger partial charge in [0.05, 0.1) is 16.6 Å².